The van der Waals surface area contributed by atoms with Crippen molar-refractivity contribution in [1.29, 1.82) is 0 Å². The van der Waals surface area contributed by atoms with Crippen LogP contribution in [0.2, 0.25) is 0 Å². The molecular formula is C24H29FN2O2. The molecule has 0 heterocycles. The summed E-state index contributed by atoms with van der Waals surface area (Å²) in [5.41, 5.74) is 2.01. The van der Waals surface area contributed by atoms with E-state index in [1.54, 1.807) is 12.1 Å². The summed E-state index contributed by atoms with van der Waals surface area (Å²) in [5, 5.41) is 2.94. The van der Waals surface area contributed by atoms with E-state index in [-0.39, 0.29) is 29.5 Å². The van der Waals surface area contributed by atoms with Crippen molar-refractivity contribution in [2.45, 2.75) is 45.7 Å². The van der Waals surface area contributed by atoms with E-state index in [0.717, 1.165) is 36.8 Å². The summed E-state index contributed by atoms with van der Waals surface area (Å²) in [6, 6.07) is 16.2. The Morgan fingerprint density at radius 2 is 1.55 bits per heavy atom. The summed E-state index contributed by atoms with van der Waals surface area (Å²) in [6.45, 7) is 3.73. The molecule has 1 aliphatic rings. The highest BCUT2D eigenvalue weighted by Gasteiger charge is 2.31. The molecule has 0 unspecified atom stereocenters. The average molecular weight is 397 g/mol. The number of rotatable bonds is 7. The molecule has 0 bridgehead atoms. The molecule has 0 atom stereocenters. The monoisotopic (exact) mass is 396 g/mol. The van der Waals surface area contributed by atoms with Gasteiger partial charge in [-0.3, -0.25) is 9.59 Å². The summed E-state index contributed by atoms with van der Waals surface area (Å²) in [6.07, 6.45) is 2.96. The smallest absolute Gasteiger partial charge is 0.225 e. The van der Waals surface area contributed by atoms with E-state index in [1.807, 2.05) is 42.2 Å². The number of halogens is 1. The maximum atomic E-state index is 13.0. The highest BCUT2D eigenvalue weighted by molar-refractivity contribution is 5.81. The number of benzene rings is 2. The van der Waals surface area contributed by atoms with Crippen molar-refractivity contribution in [1.82, 2.24) is 10.2 Å². The van der Waals surface area contributed by atoms with E-state index in [2.05, 4.69) is 5.32 Å². The first kappa shape index (κ1) is 21.0. The van der Waals surface area contributed by atoms with Crippen LogP contribution in [0, 0.1) is 17.7 Å². The summed E-state index contributed by atoms with van der Waals surface area (Å²) < 4.78 is 13.0. The van der Waals surface area contributed by atoms with Crippen LogP contribution in [-0.2, 0) is 22.7 Å². The Morgan fingerprint density at radius 1 is 0.931 bits per heavy atom. The molecule has 1 fully saturated rings. The summed E-state index contributed by atoms with van der Waals surface area (Å²) in [5.74, 6) is -0.113. The minimum Gasteiger partial charge on any atom is -0.352 e. The van der Waals surface area contributed by atoms with Gasteiger partial charge in [0.1, 0.15) is 5.82 Å². The molecule has 1 aliphatic carbocycles. The Balaban J connectivity index is 1.46. The molecule has 154 valence electrons. The molecule has 1 N–H and O–H groups in total. The Morgan fingerprint density at radius 3 is 2.17 bits per heavy atom. The molecule has 2 aromatic rings. The Hall–Kier alpha value is -2.69. The van der Waals surface area contributed by atoms with Crippen LogP contribution in [0.3, 0.4) is 0 Å². The number of carbonyl (C=O) groups excluding carboxylic acids is 2. The van der Waals surface area contributed by atoms with Crippen molar-refractivity contribution < 1.29 is 14.0 Å². The first-order valence-corrected chi connectivity index (χ1v) is 10.4. The lowest BCUT2D eigenvalue weighted by molar-refractivity contribution is -0.138. The second kappa shape index (κ2) is 10.2. The van der Waals surface area contributed by atoms with Gasteiger partial charge in [-0.1, -0.05) is 42.5 Å². The van der Waals surface area contributed by atoms with Crippen LogP contribution in [-0.4, -0.2) is 23.3 Å². The quantitative estimate of drug-likeness (QED) is 0.759. The number of carbonyl (C=O) groups is 2. The van der Waals surface area contributed by atoms with E-state index in [0.29, 0.717) is 19.6 Å². The van der Waals surface area contributed by atoms with Crippen LogP contribution in [0.15, 0.2) is 54.6 Å². The van der Waals surface area contributed by atoms with Crippen molar-refractivity contribution in [3.63, 3.8) is 0 Å². The molecule has 3 rings (SSSR count). The van der Waals surface area contributed by atoms with E-state index in [4.69, 9.17) is 0 Å². The summed E-state index contributed by atoms with van der Waals surface area (Å²) >= 11 is 0. The molecule has 0 radical (unpaired) electrons. The predicted octanol–water partition coefficient (Wildman–Crippen LogP) is 4.30. The zero-order valence-corrected chi connectivity index (χ0v) is 16.9. The van der Waals surface area contributed by atoms with E-state index in [9.17, 15) is 14.0 Å². The van der Waals surface area contributed by atoms with Crippen LogP contribution >= 0.6 is 0 Å². The molecule has 4 nitrogen and oxygen atoms in total. The Kier molecular flexibility index (Phi) is 7.39. The van der Waals surface area contributed by atoms with Gasteiger partial charge in [-0.2, -0.15) is 0 Å². The molecule has 2 aromatic carbocycles. The fourth-order valence-corrected chi connectivity index (χ4v) is 3.95. The third-order valence-corrected chi connectivity index (χ3v) is 5.74. The van der Waals surface area contributed by atoms with Gasteiger partial charge < -0.3 is 10.2 Å². The van der Waals surface area contributed by atoms with Gasteiger partial charge in [-0.25, -0.2) is 4.39 Å². The molecule has 2 amide bonds. The fraction of sp³-hybridized carbons (Fsp3) is 0.417. The average Bonchev–Trinajstić information content (AvgIpc) is 2.77. The summed E-state index contributed by atoms with van der Waals surface area (Å²) in [7, 11) is 0. The number of hydrogen-bond acceptors (Lipinski definition) is 2. The zero-order chi connectivity index (χ0) is 20.6. The normalized spacial score (nSPS) is 18.8. The second-order valence-corrected chi connectivity index (χ2v) is 7.73. The number of hydrogen-bond donors (Lipinski definition) is 1. The minimum atomic E-state index is -0.281. The molecule has 0 saturated heterocycles. The van der Waals surface area contributed by atoms with E-state index < -0.39 is 0 Å². The zero-order valence-electron chi connectivity index (χ0n) is 16.9. The molecule has 0 aromatic heterocycles. The Labute approximate surface area is 172 Å². The minimum absolute atomic E-state index is 0.000175. The van der Waals surface area contributed by atoms with Crippen molar-refractivity contribution >= 4 is 11.8 Å². The van der Waals surface area contributed by atoms with Gasteiger partial charge in [-0.05, 0) is 55.9 Å². The van der Waals surface area contributed by atoms with Gasteiger partial charge in [0, 0.05) is 31.5 Å². The standard InChI is InChI=1S/C24H29FN2O2/c1-2-27(17-19-6-4-3-5-7-19)24(29)21-12-10-20(11-13-21)23(28)26-16-18-8-14-22(25)15-9-18/h3-9,14-15,20-21H,2,10-13,16-17H2,1H3,(H,26,28). The van der Waals surface area contributed by atoms with Crippen LogP contribution < -0.4 is 5.32 Å². The maximum Gasteiger partial charge on any atom is 0.225 e. The number of amides is 2. The molecule has 0 spiro atoms. The van der Waals surface area contributed by atoms with Crippen LogP contribution in [0.1, 0.15) is 43.7 Å². The molecular weight excluding hydrogens is 367 g/mol. The lowest BCUT2D eigenvalue weighted by atomic mass is 9.81. The molecule has 1 saturated carbocycles. The molecule has 29 heavy (non-hydrogen) atoms. The van der Waals surface area contributed by atoms with Gasteiger partial charge in [0.2, 0.25) is 11.8 Å². The number of nitrogens with one attached hydrogen (secondary N) is 1. The van der Waals surface area contributed by atoms with Gasteiger partial charge in [0.15, 0.2) is 0 Å². The van der Waals surface area contributed by atoms with Gasteiger partial charge >= 0.3 is 0 Å². The molecule has 0 aliphatic heterocycles. The lowest BCUT2D eigenvalue weighted by Gasteiger charge is -2.31. The molecule has 5 heteroatoms. The first-order chi connectivity index (χ1) is 14.1. The van der Waals surface area contributed by atoms with Crippen molar-refractivity contribution in [2.24, 2.45) is 11.8 Å². The van der Waals surface area contributed by atoms with Gasteiger partial charge in [0.05, 0.1) is 0 Å². The van der Waals surface area contributed by atoms with Crippen LogP contribution in [0.5, 0.6) is 0 Å². The highest BCUT2D eigenvalue weighted by atomic mass is 19.1. The predicted molar refractivity (Wildman–Crippen MR) is 111 cm³/mol. The summed E-state index contributed by atoms with van der Waals surface area (Å²) in [4.78, 5) is 27.3. The van der Waals surface area contributed by atoms with Gasteiger partial charge in [-0.15, -0.1) is 0 Å². The first-order valence-electron chi connectivity index (χ1n) is 10.4. The topological polar surface area (TPSA) is 49.4 Å². The third-order valence-electron chi connectivity index (χ3n) is 5.74. The largest absolute Gasteiger partial charge is 0.352 e. The van der Waals surface area contributed by atoms with Crippen molar-refractivity contribution in [3.8, 4) is 0 Å². The Bertz CT molecular complexity index is 799. The van der Waals surface area contributed by atoms with Crippen molar-refractivity contribution in [3.05, 3.63) is 71.5 Å². The highest BCUT2D eigenvalue weighted by Crippen LogP contribution is 2.30. The van der Waals surface area contributed by atoms with Crippen molar-refractivity contribution in [2.75, 3.05) is 6.54 Å². The maximum absolute atomic E-state index is 13.0. The third kappa shape index (κ3) is 5.89. The van der Waals surface area contributed by atoms with E-state index >= 15 is 0 Å². The van der Waals surface area contributed by atoms with E-state index in [1.165, 1.54) is 12.1 Å². The van der Waals surface area contributed by atoms with Gasteiger partial charge in [0.25, 0.3) is 0 Å². The van der Waals surface area contributed by atoms with Crippen LogP contribution in [0.4, 0.5) is 4.39 Å². The van der Waals surface area contributed by atoms with Crippen LogP contribution in [0.25, 0.3) is 0 Å². The second-order valence-electron chi connectivity index (χ2n) is 7.73. The lowest BCUT2D eigenvalue weighted by Crippen LogP contribution is -2.39. The SMILES string of the molecule is CCN(Cc1ccccc1)C(=O)C1CCC(C(=O)NCc2ccc(F)cc2)CC1. The fourth-order valence-electron chi connectivity index (χ4n) is 3.95. The number of nitrogens with zero attached hydrogens (tertiary/aromatic N) is 1.